The van der Waals surface area contributed by atoms with E-state index in [9.17, 15) is 5.11 Å². The van der Waals surface area contributed by atoms with Crippen molar-refractivity contribution in [2.45, 2.75) is 6.42 Å². The minimum Gasteiger partial charge on any atom is -0.508 e. The van der Waals surface area contributed by atoms with Crippen LogP contribution in [0.3, 0.4) is 0 Å². The Bertz CT molecular complexity index is 636. The van der Waals surface area contributed by atoms with Crippen molar-refractivity contribution >= 4 is 29.3 Å². The summed E-state index contributed by atoms with van der Waals surface area (Å²) in [5.74, 6) is 0.864. The van der Waals surface area contributed by atoms with Crippen molar-refractivity contribution in [2.24, 2.45) is 0 Å². The van der Waals surface area contributed by atoms with Crippen LogP contribution >= 0.6 is 23.2 Å². The van der Waals surface area contributed by atoms with Crippen LogP contribution in [0.2, 0.25) is 10.0 Å². The van der Waals surface area contributed by atoms with Crippen LogP contribution in [0.4, 0.5) is 0 Å². The fourth-order valence-corrected chi connectivity index (χ4v) is 2.09. The van der Waals surface area contributed by atoms with Crippen molar-refractivity contribution in [3.63, 3.8) is 0 Å². The van der Waals surface area contributed by atoms with Gasteiger partial charge in [-0.3, -0.25) is 0 Å². The first-order valence-electron chi connectivity index (χ1n) is 6.07. The predicted octanol–water partition coefficient (Wildman–Crippen LogP) is 4.96. The van der Waals surface area contributed by atoms with Gasteiger partial charge in [0.1, 0.15) is 11.5 Å². The third kappa shape index (κ3) is 3.69. The number of hydrogen-bond acceptors (Lipinski definition) is 2. The van der Waals surface area contributed by atoms with E-state index in [2.05, 4.69) is 0 Å². The fraction of sp³-hybridized carbons (Fsp3) is 0.125. The van der Waals surface area contributed by atoms with Crippen LogP contribution in [0.1, 0.15) is 11.1 Å². The Hall–Kier alpha value is -1.64. The second-order valence-electron chi connectivity index (χ2n) is 4.27. The summed E-state index contributed by atoms with van der Waals surface area (Å²) in [5, 5.41) is 10.9. The van der Waals surface area contributed by atoms with E-state index in [0.717, 1.165) is 11.1 Å². The summed E-state index contributed by atoms with van der Waals surface area (Å²) in [7, 11) is 1.57. The average Bonchev–Trinajstić information content (AvgIpc) is 2.44. The van der Waals surface area contributed by atoms with Gasteiger partial charge >= 0.3 is 0 Å². The molecule has 2 rings (SSSR count). The first-order valence-corrected chi connectivity index (χ1v) is 6.83. The maximum atomic E-state index is 9.85. The van der Waals surface area contributed by atoms with Gasteiger partial charge in [-0.05, 0) is 35.7 Å². The maximum Gasteiger partial charge on any atom is 0.122 e. The number of hydrogen-bond donors (Lipinski definition) is 1. The van der Waals surface area contributed by atoms with Crippen LogP contribution in [0.15, 0.2) is 42.5 Å². The molecule has 2 aromatic carbocycles. The highest BCUT2D eigenvalue weighted by Gasteiger charge is 2.01. The zero-order chi connectivity index (χ0) is 14.5. The van der Waals surface area contributed by atoms with Gasteiger partial charge in [0.15, 0.2) is 0 Å². The molecule has 2 nitrogen and oxygen atoms in total. The normalized spacial score (nSPS) is 10.9. The Morgan fingerprint density at radius 1 is 1.10 bits per heavy atom. The van der Waals surface area contributed by atoms with E-state index in [1.54, 1.807) is 25.3 Å². The van der Waals surface area contributed by atoms with Crippen LogP contribution in [0.25, 0.3) is 6.08 Å². The molecule has 0 bridgehead atoms. The second kappa shape index (κ2) is 6.69. The van der Waals surface area contributed by atoms with E-state index in [4.69, 9.17) is 27.9 Å². The van der Waals surface area contributed by atoms with Gasteiger partial charge in [0.05, 0.1) is 17.2 Å². The van der Waals surface area contributed by atoms with E-state index in [-0.39, 0.29) is 5.75 Å². The molecule has 1 N–H and O–H groups in total. The van der Waals surface area contributed by atoms with Crippen LogP contribution < -0.4 is 4.74 Å². The molecular weight excluding hydrogens is 295 g/mol. The molecule has 0 unspecified atom stereocenters. The molecule has 0 aliphatic rings. The van der Waals surface area contributed by atoms with Gasteiger partial charge in [-0.2, -0.15) is 0 Å². The third-order valence-electron chi connectivity index (χ3n) is 2.88. The molecule has 0 saturated carbocycles. The molecule has 0 amide bonds. The maximum absolute atomic E-state index is 9.85. The van der Waals surface area contributed by atoms with Crippen molar-refractivity contribution in [3.8, 4) is 11.5 Å². The van der Waals surface area contributed by atoms with Crippen molar-refractivity contribution < 1.29 is 9.84 Å². The van der Waals surface area contributed by atoms with Crippen LogP contribution in [0.5, 0.6) is 11.5 Å². The highest BCUT2D eigenvalue weighted by Crippen LogP contribution is 2.25. The number of benzene rings is 2. The van der Waals surface area contributed by atoms with E-state index in [0.29, 0.717) is 22.2 Å². The van der Waals surface area contributed by atoms with E-state index < -0.39 is 0 Å². The number of halogens is 2. The van der Waals surface area contributed by atoms with Crippen LogP contribution in [-0.2, 0) is 6.42 Å². The monoisotopic (exact) mass is 308 g/mol. The first-order chi connectivity index (χ1) is 9.60. The molecule has 0 saturated heterocycles. The molecule has 0 fully saturated rings. The number of methoxy groups -OCH3 is 1. The van der Waals surface area contributed by atoms with Gasteiger partial charge < -0.3 is 9.84 Å². The van der Waals surface area contributed by atoms with Crippen molar-refractivity contribution in [1.82, 2.24) is 0 Å². The summed E-state index contributed by atoms with van der Waals surface area (Å²) < 4.78 is 5.04. The Kier molecular flexibility index (Phi) is 4.94. The molecule has 20 heavy (non-hydrogen) atoms. The Morgan fingerprint density at radius 3 is 2.55 bits per heavy atom. The molecule has 0 aliphatic carbocycles. The number of phenolic OH excluding ortho intramolecular Hbond substituents is 1. The van der Waals surface area contributed by atoms with Crippen molar-refractivity contribution in [2.75, 3.05) is 7.11 Å². The third-order valence-corrected chi connectivity index (χ3v) is 3.62. The number of allylic oxidation sites excluding steroid dienone is 1. The van der Waals surface area contributed by atoms with Gasteiger partial charge in [0, 0.05) is 6.07 Å². The standard InChI is InChI=1S/C16H14Cl2O2/c1-20-13-7-6-12(16(19)10-13)4-2-3-11-5-8-14(17)15(18)9-11/h2-3,5-10,19H,4H2,1H3/b3-2+. The van der Waals surface area contributed by atoms with Gasteiger partial charge in [0.25, 0.3) is 0 Å². The average molecular weight is 309 g/mol. The number of phenols is 1. The largest absolute Gasteiger partial charge is 0.508 e. The second-order valence-corrected chi connectivity index (χ2v) is 5.09. The molecule has 0 atom stereocenters. The summed E-state index contributed by atoms with van der Waals surface area (Å²) in [5.41, 5.74) is 1.80. The smallest absolute Gasteiger partial charge is 0.122 e. The zero-order valence-electron chi connectivity index (χ0n) is 10.9. The molecule has 0 aromatic heterocycles. The fourth-order valence-electron chi connectivity index (χ4n) is 1.78. The summed E-state index contributed by atoms with van der Waals surface area (Å²) in [6.07, 6.45) is 4.52. The van der Waals surface area contributed by atoms with Gasteiger partial charge in [-0.1, -0.05) is 47.5 Å². The molecule has 4 heteroatoms. The topological polar surface area (TPSA) is 29.5 Å². The molecule has 0 heterocycles. The minimum absolute atomic E-state index is 0.225. The van der Waals surface area contributed by atoms with Crippen molar-refractivity contribution in [1.29, 1.82) is 0 Å². The lowest BCUT2D eigenvalue weighted by Gasteiger charge is -2.04. The number of ether oxygens (including phenoxy) is 1. The molecule has 104 valence electrons. The summed E-state index contributed by atoms with van der Waals surface area (Å²) >= 11 is 11.8. The van der Waals surface area contributed by atoms with Gasteiger partial charge in [0.2, 0.25) is 0 Å². The SMILES string of the molecule is COc1ccc(C/C=C/c2ccc(Cl)c(Cl)c2)c(O)c1. The summed E-state index contributed by atoms with van der Waals surface area (Å²) in [6.45, 7) is 0. The van der Waals surface area contributed by atoms with Gasteiger partial charge in [-0.15, -0.1) is 0 Å². The van der Waals surface area contributed by atoms with Crippen molar-refractivity contribution in [3.05, 3.63) is 63.6 Å². The van der Waals surface area contributed by atoms with E-state index >= 15 is 0 Å². The van der Waals surface area contributed by atoms with E-state index in [1.165, 1.54) is 0 Å². The predicted molar refractivity (Wildman–Crippen MR) is 83.9 cm³/mol. The quantitative estimate of drug-likeness (QED) is 0.864. The lowest BCUT2D eigenvalue weighted by molar-refractivity contribution is 0.406. The van der Waals surface area contributed by atoms with Crippen LogP contribution in [-0.4, -0.2) is 12.2 Å². The number of rotatable bonds is 4. The molecular formula is C16H14Cl2O2. The highest BCUT2D eigenvalue weighted by atomic mass is 35.5. The minimum atomic E-state index is 0.225. The molecule has 2 aromatic rings. The zero-order valence-corrected chi connectivity index (χ0v) is 12.4. The van der Waals surface area contributed by atoms with Crippen LogP contribution in [0, 0.1) is 0 Å². The molecule has 0 aliphatic heterocycles. The lowest BCUT2D eigenvalue weighted by Crippen LogP contribution is -1.86. The molecule has 0 radical (unpaired) electrons. The summed E-state index contributed by atoms with van der Waals surface area (Å²) in [4.78, 5) is 0. The Balaban J connectivity index is 2.07. The lowest BCUT2D eigenvalue weighted by atomic mass is 10.1. The Labute approximate surface area is 128 Å². The summed E-state index contributed by atoms with van der Waals surface area (Å²) in [6, 6.07) is 10.7. The Morgan fingerprint density at radius 2 is 1.90 bits per heavy atom. The number of aromatic hydroxyl groups is 1. The highest BCUT2D eigenvalue weighted by molar-refractivity contribution is 6.42. The molecule has 0 spiro atoms. The first kappa shape index (κ1) is 14.8. The van der Waals surface area contributed by atoms with Gasteiger partial charge in [-0.25, -0.2) is 0 Å². The van der Waals surface area contributed by atoms with E-state index in [1.807, 2.05) is 30.4 Å².